The lowest BCUT2D eigenvalue weighted by Gasteiger charge is -2.33. The van der Waals surface area contributed by atoms with Gasteiger partial charge in [-0.05, 0) is 44.7 Å². The van der Waals surface area contributed by atoms with E-state index in [1.54, 1.807) is 0 Å². The Morgan fingerprint density at radius 1 is 1.48 bits per heavy atom. The molecule has 1 aliphatic rings. The molecule has 1 fully saturated rings. The molecule has 0 bridgehead atoms. The number of hydrogen-bond acceptors (Lipinski definition) is 4. The maximum absolute atomic E-state index is 9.95. The van der Waals surface area contributed by atoms with Crippen LogP contribution in [0.25, 0.3) is 0 Å². The van der Waals surface area contributed by atoms with Crippen molar-refractivity contribution >= 4 is 5.82 Å². The average molecular weight is 289 g/mol. The van der Waals surface area contributed by atoms with Crippen LogP contribution in [0.4, 0.5) is 5.82 Å². The molecule has 1 aliphatic heterocycles. The Balaban J connectivity index is 1.72. The smallest absolute Gasteiger partial charge is 0.126 e. The minimum atomic E-state index is -0.231. The van der Waals surface area contributed by atoms with E-state index < -0.39 is 0 Å². The molecule has 4 nitrogen and oxygen atoms in total. The summed E-state index contributed by atoms with van der Waals surface area (Å²) in [6.07, 6.45) is 5.54. The molecule has 0 saturated carbocycles. The van der Waals surface area contributed by atoms with E-state index in [0.717, 1.165) is 56.8 Å². The summed E-state index contributed by atoms with van der Waals surface area (Å²) in [5, 5.41) is 13.5. The molecule has 21 heavy (non-hydrogen) atoms. The van der Waals surface area contributed by atoms with Crippen LogP contribution in [0.3, 0.4) is 0 Å². The van der Waals surface area contributed by atoms with Crippen LogP contribution < -0.4 is 5.32 Å². The molecule has 1 atom stereocenters. The van der Waals surface area contributed by atoms with Crippen LogP contribution in [0.2, 0.25) is 0 Å². The lowest BCUT2D eigenvalue weighted by atomic mass is 10.0. The van der Waals surface area contributed by atoms with Crippen LogP contribution >= 0.6 is 0 Å². The summed E-state index contributed by atoms with van der Waals surface area (Å²) in [7, 11) is 0. The fraction of sp³-hybridized carbons (Fsp3) is 0.588. The third-order valence-corrected chi connectivity index (χ3v) is 4.00. The highest BCUT2D eigenvalue weighted by molar-refractivity contribution is 5.36. The third kappa shape index (κ3) is 5.48. The van der Waals surface area contributed by atoms with Gasteiger partial charge in [-0.1, -0.05) is 12.1 Å². The second-order valence-corrected chi connectivity index (χ2v) is 5.90. The second-order valence-electron chi connectivity index (χ2n) is 5.90. The number of β-amino-alcohol motifs (C(OH)–C–C–N with tert-alkyl or cyclic N) is 1. The van der Waals surface area contributed by atoms with Gasteiger partial charge in [-0.15, -0.1) is 6.58 Å². The van der Waals surface area contributed by atoms with Crippen molar-refractivity contribution in [3.05, 3.63) is 36.5 Å². The van der Waals surface area contributed by atoms with E-state index in [2.05, 4.69) is 21.8 Å². The number of anilines is 1. The molecule has 1 unspecified atom stereocenters. The number of allylic oxidation sites excluding steroid dienone is 1. The Kier molecular flexibility index (Phi) is 6.21. The standard InChI is InChI=1S/C17H27N3O/c1-3-4-7-16(21)13-20-11-9-15(10-12-20)19-17-8-5-6-14(2)18-17/h3,5-6,8,15-16,21H,1,4,7,9-13H2,2H3,(H,18,19). The molecule has 1 saturated heterocycles. The largest absolute Gasteiger partial charge is 0.392 e. The molecule has 2 heterocycles. The van der Waals surface area contributed by atoms with Gasteiger partial charge in [0.1, 0.15) is 5.82 Å². The van der Waals surface area contributed by atoms with E-state index in [-0.39, 0.29) is 6.10 Å². The number of nitrogens with zero attached hydrogens (tertiary/aromatic N) is 2. The minimum absolute atomic E-state index is 0.231. The van der Waals surface area contributed by atoms with Gasteiger partial charge in [-0.3, -0.25) is 0 Å². The van der Waals surface area contributed by atoms with Crippen LogP contribution in [0.5, 0.6) is 0 Å². The predicted octanol–water partition coefficient (Wildman–Crippen LogP) is 2.59. The van der Waals surface area contributed by atoms with Gasteiger partial charge in [0.2, 0.25) is 0 Å². The summed E-state index contributed by atoms with van der Waals surface area (Å²) >= 11 is 0. The van der Waals surface area contributed by atoms with Crippen molar-refractivity contribution < 1.29 is 5.11 Å². The maximum atomic E-state index is 9.95. The van der Waals surface area contributed by atoms with Gasteiger partial charge in [-0.25, -0.2) is 4.98 Å². The Labute approximate surface area is 127 Å². The average Bonchev–Trinajstić information content (AvgIpc) is 2.47. The van der Waals surface area contributed by atoms with E-state index in [4.69, 9.17) is 0 Å². The number of aryl methyl sites for hydroxylation is 1. The first kappa shape index (κ1) is 16.0. The molecule has 0 radical (unpaired) electrons. The number of nitrogens with one attached hydrogen (secondary N) is 1. The molecule has 1 aromatic heterocycles. The Bertz CT molecular complexity index is 441. The second kappa shape index (κ2) is 8.15. The molecule has 0 aromatic carbocycles. The van der Waals surface area contributed by atoms with Gasteiger partial charge in [0.15, 0.2) is 0 Å². The summed E-state index contributed by atoms with van der Waals surface area (Å²) in [4.78, 5) is 6.85. The fourth-order valence-corrected chi connectivity index (χ4v) is 2.79. The van der Waals surface area contributed by atoms with Crippen molar-refractivity contribution in [2.24, 2.45) is 0 Å². The molecular weight excluding hydrogens is 262 g/mol. The van der Waals surface area contributed by atoms with Gasteiger partial charge in [0.05, 0.1) is 6.10 Å². The summed E-state index contributed by atoms with van der Waals surface area (Å²) in [6.45, 7) is 8.56. The number of aliphatic hydroxyl groups is 1. The first-order chi connectivity index (χ1) is 10.2. The molecule has 2 N–H and O–H groups in total. The van der Waals surface area contributed by atoms with Crippen LogP contribution in [0.15, 0.2) is 30.9 Å². The topological polar surface area (TPSA) is 48.4 Å². The van der Waals surface area contributed by atoms with Gasteiger partial charge in [0, 0.05) is 31.4 Å². The van der Waals surface area contributed by atoms with Crippen LogP contribution in [-0.4, -0.2) is 46.8 Å². The zero-order chi connectivity index (χ0) is 15.1. The molecule has 2 rings (SSSR count). The van der Waals surface area contributed by atoms with Gasteiger partial charge in [-0.2, -0.15) is 0 Å². The number of pyridine rings is 1. The van der Waals surface area contributed by atoms with Gasteiger partial charge in [0.25, 0.3) is 0 Å². The summed E-state index contributed by atoms with van der Waals surface area (Å²) in [6, 6.07) is 6.56. The molecule has 0 aliphatic carbocycles. The molecule has 1 aromatic rings. The van der Waals surface area contributed by atoms with Crippen LogP contribution in [0, 0.1) is 6.92 Å². The lowest BCUT2D eigenvalue weighted by molar-refractivity contribution is 0.0934. The van der Waals surface area contributed by atoms with Crippen molar-refractivity contribution in [2.75, 3.05) is 25.0 Å². The van der Waals surface area contributed by atoms with Crippen molar-refractivity contribution in [3.63, 3.8) is 0 Å². The Hall–Kier alpha value is -1.39. The molecule has 0 amide bonds. The van der Waals surface area contributed by atoms with Crippen molar-refractivity contribution in [1.29, 1.82) is 0 Å². The highest BCUT2D eigenvalue weighted by atomic mass is 16.3. The Morgan fingerprint density at radius 3 is 2.90 bits per heavy atom. The molecular formula is C17H27N3O. The molecule has 4 heteroatoms. The Morgan fingerprint density at radius 2 is 2.24 bits per heavy atom. The van der Waals surface area contributed by atoms with E-state index >= 15 is 0 Å². The number of rotatable bonds is 7. The predicted molar refractivity (Wildman–Crippen MR) is 87.5 cm³/mol. The summed E-state index contributed by atoms with van der Waals surface area (Å²) in [5.41, 5.74) is 1.04. The summed E-state index contributed by atoms with van der Waals surface area (Å²) in [5.74, 6) is 0.972. The first-order valence-corrected chi connectivity index (χ1v) is 7.89. The van der Waals surface area contributed by atoms with Gasteiger partial charge >= 0.3 is 0 Å². The van der Waals surface area contributed by atoms with E-state index in [0.29, 0.717) is 6.04 Å². The number of hydrogen-bond donors (Lipinski definition) is 2. The minimum Gasteiger partial charge on any atom is -0.392 e. The highest BCUT2D eigenvalue weighted by Crippen LogP contribution is 2.16. The fourth-order valence-electron chi connectivity index (χ4n) is 2.79. The first-order valence-electron chi connectivity index (χ1n) is 7.89. The van der Waals surface area contributed by atoms with Crippen molar-refractivity contribution in [2.45, 2.75) is 44.8 Å². The SMILES string of the molecule is C=CCCC(O)CN1CCC(Nc2cccc(C)n2)CC1. The number of piperidine rings is 1. The number of aliphatic hydroxyl groups excluding tert-OH is 1. The van der Waals surface area contributed by atoms with Crippen molar-refractivity contribution in [1.82, 2.24) is 9.88 Å². The zero-order valence-electron chi connectivity index (χ0n) is 13.0. The van der Waals surface area contributed by atoms with Gasteiger partial charge < -0.3 is 15.3 Å². The van der Waals surface area contributed by atoms with E-state index in [9.17, 15) is 5.11 Å². The maximum Gasteiger partial charge on any atom is 0.126 e. The zero-order valence-corrected chi connectivity index (χ0v) is 13.0. The molecule has 116 valence electrons. The monoisotopic (exact) mass is 289 g/mol. The lowest BCUT2D eigenvalue weighted by Crippen LogP contribution is -2.42. The highest BCUT2D eigenvalue weighted by Gasteiger charge is 2.20. The molecule has 0 spiro atoms. The van der Waals surface area contributed by atoms with E-state index in [1.807, 2.05) is 31.2 Å². The van der Waals surface area contributed by atoms with Crippen LogP contribution in [0.1, 0.15) is 31.4 Å². The van der Waals surface area contributed by atoms with Crippen molar-refractivity contribution in [3.8, 4) is 0 Å². The third-order valence-electron chi connectivity index (χ3n) is 4.00. The quantitative estimate of drug-likeness (QED) is 0.758. The number of aromatic nitrogens is 1. The number of likely N-dealkylation sites (tertiary alicyclic amines) is 1. The van der Waals surface area contributed by atoms with E-state index in [1.165, 1.54) is 0 Å². The normalized spacial score (nSPS) is 18.4. The van der Waals surface area contributed by atoms with Crippen LogP contribution in [-0.2, 0) is 0 Å². The summed E-state index contributed by atoms with van der Waals surface area (Å²) < 4.78 is 0.